The molecule has 0 bridgehead atoms. The predicted octanol–water partition coefficient (Wildman–Crippen LogP) is 4.76. The molecule has 0 aliphatic carbocycles. The Morgan fingerprint density at radius 2 is 1.92 bits per heavy atom. The second-order valence-corrected chi connectivity index (χ2v) is 4.12. The third-order valence-corrected chi connectivity index (χ3v) is 2.73. The van der Waals surface area contributed by atoms with Crippen LogP contribution in [-0.2, 0) is 0 Å². The summed E-state index contributed by atoms with van der Waals surface area (Å²) in [6.07, 6.45) is 7.68. The SMILES string of the molecule is C=C(Cl)C/C=C\C(C)C(CC)CC. The summed E-state index contributed by atoms with van der Waals surface area (Å²) < 4.78 is 0. The number of allylic oxidation sites excluding steroid dienone is 3. The molecular formula is C12H21Cl. The van der Waals surface area contributed by atoms with Crippen LogP contribution in [0.25, 0.3) is 0 Å². The lowest BCUT2D eigenvalue weighted by Crippen LogP contribution is -2.06. The molecule has 1 atom stereocenters. The van der Waals surface area contributed by atoms with Crippen molar-refractivity contribution in [3.05, 3.63) is 23.8 Å². The Bertz CT molecular complexity index is 166. The minimum atomic E-state index is 0.658. The summed E-state index contributed by atoms with van der Waals surface area (Å²) >= 11 is 5.66. The number of hydrogen-bond donors (Lipinski definition) is 0. The standard InChI is InChI=1S/C12H21Cl/c1-5-12(6-2)10(3)8-7-9-11(4)13/h7-8,10,12H,4-6,9H2,1-3H3/b8-7-. The van der Waals surface area contributed by atoms with E-state index in [2.05, 4.69) is 39.5 Å². The number of hydrogen-bond acceptors (Lipinski definition) is 0. The molecule has 0 aromatic heterocycles. The van der Waals surface area contributed by atoms with Crippen molar-refractivity contribution >= 4 is 11.6 Å². The molecule has 0 spiro atoms. The van der Waals surface area contributed by atoms with Crippen LogP contribution in [0.5, 0.6) is 0 Å². The first-order chi connectivity index (χ1) is 6.11. The first kappa shape index (κ1) is 12.8. The van der Waals surface area contributed by atoms with Gasteiger partial charge in [0.15, 0.2) is 0 Å². The van der Waals surface area contributed by atoms with Crippen molar-refractivity contribution in [2.24, 2.45) is 11.8 Å². The zero-order chi connectivity index (χ0) is 10.3. The van der Waals surface area contributed by atoms with Crippen molar-refractivity contribution in [1.29, 1.82) is 0 Å². The minimum Gasteiger partial charge on any atom is -0.0895 e. The molecule has 13 heavy (non-hydrogen) atoms. The first-order valence-electron chi connectivity index (χ1n) is 5.11. The van der Waals surface area contributed by atoms with Crippen molar-refractivity contribution in [1.82, 2.24) is 0 Å². The quantitative estimate of drug-likeness (QED) is 0.543. The van der Waals surface area contributed by atoms with E-state index < -0.39 is 0 Å². The predicted molar refractivity (Wildman–Crippen MR) is 62.0 cm³/mol. The second-order valence-electron chi connectivity index (χ2n) is 3.59. The van der Waals surface area contributed by atoms with Crippen LogP contribution in [0.3, 0.4) is 0 Å². The van der Waals surface area contributed by atoms with Crippen LogP contribution in [0.4, 0.5) is 0 Å². The van der Waals surface area contributed by atoms with Gasteiger partial charge in [-0.15, -0.1) is 0 Å². The molecule has 0 aromatic carbocycles. The summed E-state index contributed by atoms with van der Waals surface area (Å²) in [5.41, 5.74) is 0. The maximum absolute atomic E-state index is 5.66. The van der Waals surface area contributed by atoms with Crippen molar-refractivity contribution < 1.29 is 0 Å². The third-order valence-electron chi connectivity index (χ3n) is 2.57. The molecule has 0 heterocycles. The maximum atomic E-state index is 5.66. The summed E-state index contributed by atoms with van der Waals surface area (Å²) in [5.74, 6) is 1.46. The monoisotopic (exact) mass is 200 g/mol. The molecule has 0 aliphatic heterocycles. The lowest BCUT2D eigenvalue weighted by atomic mass is 9.89. The van der Waals surface area contributed by atoms with Crippen LogP contribution in [-0.4, -0.2) is 0 Å². The van der Waals surface area contributed by atoms with E-state index in [-0.39, 0.29) is 0 Å². The van der Waals surface area contributed by atoms with Crippen molar-refractivity contribution in [2.45, 2.75) is 40.0 Å². The second kappa shape index (κ2) is 7.20. The van der Waals surface area contributed by atoms with Gasteiger partial charge in [-0.25, -0.2) is 0 Å². The molecule has 0 saturated carbocycles. The molecule has 0 amide bonds. The molecule has 0 aliphatic rings. The Hall–Kier alpha value is -0.230. The third kappa shape index (κ3) is 5.93. The lowest BCUT2D eigenvalue weighted by molar-refractivity contribution is 0.394. The Labute approximate surface area is 87.7 Å². The highest BCUT2D eigenvalue weighted by molar-refractivity contribution is 6.29. The Balaban J connectivity index is 3.89. The van der Waals surface area contributed by atoms with Crippen molar-refractivity contribution in [3.8, 4) is 0 Å². The maximum Gasteiger partial charge on any atom is 0.0146 e. The number of halogens is 1. The van der Waals surface area contributed by atoms with E-state index >= 15 is 0 Å². The van der Waals surface area contributed by atoms with Crippen molar-refractivity contribution in [2.75, 3.05) is 0 Å². The van der Waals surface area contributed by atoms with Crippen LogP contribution in [0.15, 0.2) is 23.8 Å². The Morgan fingerprint density at radius 3 is 2.31 bits per heavy atom. The molecule has 0 fully saturated rings. The summed E-state index contributed by atoms with van der Waals surface area (Å²) in [5, 5.41) is 0.716. The van der Waals surface area contributed by atoms with E-state index in [1.807, 2.05) is 0 Å². The van der Waals surface area contributed by atoms with Gasteiger partial charge in [-0.3, -0.25) is 0 Å². The van der Waals surface area contributed by atoms with E-state index in [1.54, 1.807) is 0 Å². The average Bonchev–Trinajstić information content (AvgIpc) is 2.05. The van der Waals surface area contributed by atoms with E-state index in [0.29, 0.717) is 11.0 Å². The summed E-state index contributed by atoms with van der Waals surface area (Å²) in [4.78, 5) is 0. The van der Waals surface area contributed by atoms with Gasteiger partial charge in [0.05, 0.1) is 0 Å². The van der Waals surface area contributed by atoms with Gasteiger partial charge in [0.1, 0.15) is 0 Å². The van der Waals surface area contributed by atoms with Crippen LogP contribution >= 0.6 is 11.6 Å². The zero-order valence-electron chi connectivity index (χ0n) is 9.02. The molecule has 0 aromatic rings. The highest BCUT2D eigenvalue weighted by Crippen LogP contribution is 2.20. The highest BCUT2D eigenvalue weighted by Gasteiger charge is 2.09. The summed E-state index contributed by atoms with van der Waals surface area (Å²) in [6, 6.07) is 0. The normalized spacial score (nSPS) is 13.9. The van der Waals surface area contributed by atoms with Gasteiger partial charge in [0.25, 0.3) is 0 Å². The van der Waals surface area contributed by atoms with E-state index in [4.69, 9.17) is 11.6 Å². The molecule has 0 radical (unpaired) electrons. The fraction of sp³-hybridized carbons (Fsp3) is 0.667. The molecule has 1 heteroatoms. The molecule has 1 unspecified atom stereocenters. The van der Waals surface area contributed by atoms with Gasteiger partial charge < -0.3 is 0 Å². The molecule has 0 N–H and O–H groups in total. The lowest BCUT2D eigenvalue weighted by Gasteiger charge is -2.17. The zero-order valence-corrected chi connectivity index (χ0v) is 9.77. The molecule has 0 nitrogen and oxygen atoms in total. The Kier molecular flexibility index (Phi) is 7.07. The van der Waals surface area contributed by atoms with Gasteiger partial charge in [-0.1, -0.05) is 63.9 Å². The average molecular weight is 201 g/mol. The summed E-state index contributed by atoms with van der Waals surface area (Å²) in [6.45, 7) is 10.4. The van der Waals surface area contributed by atoms with E-state index in [1.165, 1.54) is 12.8 Å². The minimum absolute atomic E-state index is 0.658. The van der Waals surface area contributed by atoms with Crippen molar-refractivity contribution in [3.63, 3.8) is 0 Å². The largest absolute Gasteiger partial charge is 0.0895 e. The van der Waals surface area contributed by atoms with Crippen LogP contribution in [0.2, 0.25) is 0 Å². The van der Waals surface area contributed by atoms with Gasteiger partial charge in [0.2, 0.25) is 0 Å². The molecule has 0 rings (SSSR count). The first-order valence-corrected chi connectivity index (χ1v) is 5.49. The molecular weight excluding hydrogens is 180 g/mol. The van der Waals surface area contributed by atoms with Gasteiger partial charge in [-0.2, -0.15) is 0 Å². The van der Waals surface area contributed by atoms with Crippen LogP contribution < -0.4 is 0 Å². The fourth-order valence-corrected chi connectivity index (χ4v) is 1.69. The smallest absolute Gasteiger partial charge is 0.0146 e. The van der Waals surface area contributed by atoms with Gasteiger partial charge in [-0.05, 0) is 11.8 Å². The van der Waals surface area contributed by atoms with E-state index in [9.17, 15) is 0 Å². The highest BCUT2D eigenvalue weighted by atomic mass is 35.5. The van der Waals surface area contributed by atoms with Gasteiger partial charge >= 0.3 is 0 Å². The summed E-state index contributed by atoms with van der Waals surface area (Å²) in [7, 11) is 0. The van der Waals surface area contributed by atoms with Crippen LogP contribution in [0, 0.1) is 11.8 Å². The van der Waals surface area contributed by atoms with Gasteiger partial charge in [0, 0.05) is 11.5 Å². The molecule has 0 saturated heterocycles. The fourth-order valence-electron chi connectivity index (χ4n) is 1.60. The van der Waals surface area contributed by atoms with E-state index in [0.717, 1.165) is 12.3 Å². The molecule has 76 valence electrons. The Morgan fingerprint density at radius 1 is 1.38 bits per heavy atom. The number of rotatable bonds is 6. The van der Waals surface area contributed by atoms with Crippen LogP contribution in [0.1, 0.15) is 40.0 Å². The topological polar surface area (TPSA) is 0 Å².